The molecule has 0 aromatic carbocycles. The van der Waals surface area contributed by atoms with E-state index in [2.05, 4.69) is 39.1 Å². The van der Waals surface area contributed by atoms with Gasteiger partial charge in [-0.3, -0.25) is 0 Å². The summed E-state index contributed by atoms with van der Waals surface area (Å²) < 4.78 is 0. The Labute approximate surface area is 113 Å². The van der Waals surface area contributed by atoms with Crippen molar-refractivity contribution in [3.05, 3.63) is 35.4 Å². The number of aromatic nitrogens is 4. The number of hydrogen-bond acceptors (Lipinski definition) is 5. The van der Waals surface area contributed by atoms with Gasteiger partial charge in [0.25, 0.3) is 0 Å². The summed E-state index contributed by atoms with van der Waals surface area (Å²) in [4.78, 5) is 17.4. The standard InChI is InChI=1S/C14H19N5/c1-9(2)15-8-12-5-11(4)18-14(19-12)13-16-6-10(3)7-17-13/h5-7,9,15H,8H2,1-4H3. The summed E-state index contributed by atoms with van der Waals surface area (Å²) in [6.45, 7) is 8.85. The molecule has 0 aliphatic carbocycles. The van der Waals surface area contributed by atoms with Crippen LogP contribution in [0.25, 0.3) is 11.6 Å². The average molecular weight is 257 g/mol. The van der Waals surface area contributed by atoms with E-state index in [0.29, 0.717) is 17.7 Å². The SMILES string of the molecule is Cc1cnc(-c2nc(C)cc(CNC(C)C)n2)nc1. The van der Waals surface area contributed by atoms with Crippen LogP contribution in [0.3, 0.4) is 0 Å². The summed E-state index contributed by atoms with van der Waals surface area (Å²) in [5.41, 5.74) is 2.91. The van der Waals surface area contributed by atoms with E-state index in [1.807, 2.05) is 19.9 Å². The fourth-order valence-electron chi connectivity index (χ4n) is 1.64. The first kappa shape index (κ1) is 13.5. The van der Waals surface area contributed by atoms with Crippen LogP contribution in [0.4, 0.5) is 0 Å². The highest BCUT2D eigenvalue weighted by molar-refractivity contribution is 5.43. The second kappa shape index (κ2) is 5.84. The molecule has 2 aromatic heterocycles. The van der Waals surface area contributed by atoms with Crippen LogP contribution in [-0.4, -0.2) is 26.0 Å². The van der Waals surface area contributed by atoms with E-state index in [0.717, 1.165) is 23.5 Å². The quantitative estimate of drug-likeness (QED) is 0.908. The maximum absolute atomic E-state index is 4.51. The zero-order valence-corrected chi connectivity index (χ0v) is 11.8. The molecule has 0 fully saturated rings. The molecule has 0 atom stereocenters. The molecule has 5 heteroatoms. The number of aryl methyl sites for hydroxylation is 2. The summed E-state index contributed by atoms with van der Waals surface area (Å²) in [6, 6.07) is 2.40. The predicted octanol–water partition coefficient (Wildman–Crippen LogP) is 2.05. The van der Waals surface area contributed by atoms with Crippen molar-refractivity contribution < 1.29 is 0 Å². The molecule has 0 amide bonds. The highest BCUT2D eigenvalue weighted by Crippen LogP contribution is 2.11. The predicted molar refractivity (Wildman–Crippen MR) is 74.5 cm³/mol. The van der Waals surface area contributed by atoms with Crippen LogP contribution in [0, 0.1) is 13.8 Å². The Morgan fingerprint density at radius 1 is 1.05 bits per heavy atom. The van der Waals surface area contributed by atoms with Crippen LogP contribution in [0.15, 0.2) is 18.5 Å². The third kappa shape index (κ3) is 3.79. The zero-order chi connectivity index (χ0) is 13.8. The van der Waals surface area contributed by atoms with E-state index in [9.17, 15) is 0 Å². The van der Waals surface area contributed by atoms with E-state index in [-0.39, 0.29) is 0 Å². The molecule has 0 aliphatic heterocycles. The van der Waals surface area contributed by atoms with Gasteiger partial charge in [0, 0.05) is 30.7 Å². The molecule has 5 nitrogen and oxygen atoms in total. The van der Waals surface area contributed by atoms with E-state index >= 15 is 0 Å². The topological polar surface area (TPSA) is 63.6 Å². The van der Waals surface area contributed by atoms with E-state index < -0.39 is 0 Å². The van der Waals surface area contributed by atoms with Crippen molar-refractivity contribution >= 4 is 0 Å². The maximum Gasteiger partial charge on any atom is 0.198 e. The molecule has 2 rings (SSSR count). The van der Waals surface area contributed by atoms with Crippen LogP contribution in [0.2, 0.25) is 0 Å². The summed E-state index contributed by atoms with van der Waals surface area (Å²) >= 11 is 0. The fourth-order valence-corrected chi connectivity index (χ4v) is 1.64. The van der Waals surface area contributed by atoms with E-state index in [4.69, 9.17) is 0 Å². The minimum Gasteiger partial charge on any atom is -0.309 e. The summed E-state index contributed by atoms with van der Waals surface area (Å²) in [6.07, 6.45) is 3.56. The van der Waals surface area contributed by atoms with Crippen molar-refractivity contribution in [2.24, 2.45) is 0 Å². The second-order valence-corrected chi connectivity index (χ2v) is 4.94. The molecule has 0 aliphatic rings. The molecule has 1 N–H and O–H groups in total. The molecule has 0 saturated carbocycles. The maximum atomic E-state index is 4.51. The zero-order valence-electron chi connectivity index (χ0n) is 11.8. The van der Waals surface area contributed by atoms with Crippen LogP contribution >= 0.6 is 0 Å². The first-order valence-electron chi connectivity index (χ1n) is 6.41. The van der Waals surface area contributed by atoms with E-state index in [1.54, 1.807) is 12.4 Å². The lowest BCUT2D eigenvalue weighted by Crippen LogP contribution is -2.22. The van der Waals surface area contributed by atoms with Crippen LogP contribution in [-0.2, 0) is 6.54 Å². The Morgan fingerprint density at radius 2 is 1.74 bits per heavy atom. The number of hydrogen-bond donors (Lipinski definition) is 1. The van der Waals surface area contributed by atoms with Gasteiger partial charge < -0.3 is 5.32 Å². The summed E-state index contributed by atoms with van der Waals surface area (Å²) in [5.74, 6) is 1.15. The van der Waals surface area contributed by atoms with Crippen molar-refractivity contribution in [1.82, 2.24) is 25.3 Å². The largest absolute Gasteiger partial charge is 0.309 e. The van der Waals surface area contributed by atoms with Gasteiger partial charge in [0.05, 0.1) is 5.69 Å². The smallest absolute Gasteiger partial charge is 0.198 e. The van der Waals surface area contributed by atoms with Crippen molar-refractivity contribution in [2.75, 3.05) is 0 Å². The molecule has 2 heterocycles. The highest BCUT2D eigenvalue weighted by Gasteiger charge is 2.07. The van der Waals surface area contributed by atoms with Gasteiger partial charge in [-0.1, -0.05) is 13.8 Å². The molecular formula is C14H19N5. The average Bonchev–Trinajstić information content (AvgIpc) is 2.36. The van der Waals surface area contributed by atoms with Crippen molar-refractivity contribution in [3.63, 3.8) is 0 Å². The minimum absolute atomic E-state index is 0.425. The first-order chi connectivity index (χ1) is 9.04. The van der Waals surface area contributed by atoms with Crippen LogP contribution in [0.1, 0.15) is 30.8 Å². The molecule has 0 spiro atoms. The molecule has 0 radical (unpaired) electrons. The number of nitrogens with one attached hydrogen (secondary N) is 1. The molecule has 0 saturated heterocycles. The van der Waals surface area contributed by atoms with Gasteiger partial charge >= 0.3 is 0 Å². The molecule has 2 aromatic rings. The molecule has 19 heavy (non-hydrogen) atoms. The fraction of sp³-hybridized carbons (Fsp3) is 0.429. The molecular weight excluding hydrogens is 238 g/mol. The van der Waals surface area contributed by atoms with Crippen molar-refractivity contribution in [1.29, 1.82) is 0 Å². The van der Waals surface area contributed by atoms with Crippen molar-refractivity contribution in [2.45, 2.75) is 40.3 Å². The third-order valence-corrected chi connectivity index (χ3v) is 2.58. The molecule has 0 unspecified atom stereocenters. The van der Waals surface area contributed by atoms with E-state index in [1.165, 1.54) is 0 Å². The Morgan fingerprint density at radius 3 is 2.37 bits per heavy atom. The van der Waals surface area contributed by atoms with Gasteiger partial charge in [0.15, 0.2) is 11.6 Å². The summed E-state index contributed by atoms with van der Waals surface area (Å²) in [5, 5.41) is 3.35. The van der Waals surface area contributed by atoms with Gasteiger partial charge in [-0.2, -0.15) is 0 Å². The van der Waals surface area contributed by atoms with Gasteiger partial charge in [0.1, 0.15) is 0 Å². The number of rotatable bonds is 4. The van der Waals surface area contributed by atoms with Gasteiger partial charge in [0.2, 0.25) is 0 Å². The van der Waals surface area contributed by atoms with Gasteiger partial charge in [-0.05, 0) is 25.5 Å². The van der Waals surface area contributed by atoms with Gasteiger partial charge in [-0.15, -0.1) is 0 Å². The highest BCUT2D eigenvalue weighted by atomic mass is 15.0. The second-order valence-electron chi connectivity index (χ2n) is 4.94. The monoisotopic (exact) mass is 257 g/mol. The minimum atomic E-state index is 0.425. The Kier molecular flexibility index (Phi) is 4.16. The van der Waals surface area contributed by atoms with Crippen LogP contribution < -0.4 is 5.32 Å². The lowest BCUT2D eigenvalue weighted by atomic mass is 10.3. The van der Waals surface area contributed by atoms with Crippen molar-refractivity contribution in [3.8, 4) is 11.6 Å². The number of nitrogens with zero attached hydrogens (tertiary/aromatic N) is 4. The molecule has 0 bridgehead atoms. The Bertz CT molecular complexity index is 548. The molecule has 100 valence electrons. The lowest BCUT2D eigenvalue weighted by molar-refractivity contribution is 0.580. The lowest BCUT2D eigenvalue weighted by Gasteiger charge is -2.09. The Balaban J connectivity index is 2.28. The van der Waals surface area contributed by atoms with Crippen LogP contribution in [0.5, 0.6) is 0 Å². The Hall–Kier alpha value is -1.88. The normalized spacial score (nSPS) is 11.0. The van der Waals surface area contributed by atoms with Gasteiger partial charge in [-0.25, -0.2) is 19.9 Å². The summed E-state index contributed by atoms with van der Waals surface area (Å²) in [7, 11) is 0. The first-order valence-corrected chi connectivity index (χ1v) is 6.41. The third-order valence-electron chi connectivity index (χ3n) is 2.58.